The van der Waals surface area contributed by atoms with Gasteiger partial charge in [0.1, 0.15) is 5.76 Å². The van der Waals surface area contributed by atoms with Gasteiger partial charge in [-0.25, -0.2) is 0 Å². The molecule has 5 nitrogen and oxygen atoms in total. The third kappa shape index (κ3) is 2.30. The van der Waals surface area contributed by atoms with Crippen LogP contribution < -0.4 is 5.73 Å². The van der Waals surface area contributed by atoms with E-state index in [4.69, 9.17) is 14.7 Å². The molecule has 0 saturated carbocycles. The number of furan rings is 1. The highest BCUT2D eigenvalue weighted by Gasteiger charge is 2.13. The molecule has 86 valence electrons. The van der Waals surface area contributed by atoms with Crippen LogP contribution in [0.4, 0.5) is 0 Å². The van der Waals surface area contributed by atoms with Gasteiger partial charge in [0.15, 0.2) is 11.6 Å². The number of nitrogens with two attached hydrogens (primary N) is 1. The van der Waals surface area contributed by atoms with Gasteiger partial charge in [0.05, 0.1) is 6.54 Å². The lowest BCUT2D eigenvalue weighted by atomic mass is 10.1. The summed E-state index contributed by atoms with van der Waals surface area (Å²) in [6.45, 7) is 4.58. The monoisotopic (exact) mass is 221 g/mol. The molecule has 0 aromatic carbocycles. The minimum atomic E-state index is 0.368. The fourth-order valence-electron chi connectivity index (χ4n) is 1.40. The second-order valence-electron chi connectivity index (χ2n) is 4.08. The molecule has 2 aromatic heterocycles. The third-order valence-electron chi connectivity index (χ3n) is 2.13. The highest BCUT2D eigenvalue weighted by Crippen LogP contribution is 2.20. The van der Waals surface area contributed by atoms with Crippen molar-refractivity contribution in [3.8, 4) is 11.7 Å². The van der Waals surface area contributed by atoms with Crippen molar-refractivity contribution in [2.75, 3.05) is 0 Å². The molecule has 0 saturated heterocycles. The summed E-state index contributed by atoms with van der Waals surface area (Å²) in [6, 6.07) is 3.59. The van der Waals surface area contributed by atoms with Crippen molar-refractivity contribution in [2.45, 2.75) is 26.8 Å². The Labute approximate surface area is 93.6 Å². The zero-order chi connectivity index (χ0) is 11.5. The maximum Gasteiger partial charge on any atom is 0.293 e. The maximum atomic E-state index is 5.45. The molecular formula is C11H15N3O2. The van der Waals surface area contributed by atoms with Crippen LogP contribution in [0.5, 0.6) is 0 Å². The molecule has 0 unspecified atom stereocenters. The van der Waals surface area contributed by atoms with Crippen LogP contribution in [-0.2, 0) is 13.0 Å². The zero-order valence-corrected chi connectivity index (χ0v) is 9.43. The molecular weight excluding hydrogens is 206 g/mol. The lowest BCUT2D eigenvalue weighted by molar-refractivity contribution is 0.401. The Hall–Kier alpha value is -1.62. The topological polar surface area (TPSA) is 78.1 Å². The zero-order valence-electron chi connectivity index (χ0n) is 9.43. The van der Waals surface area contributed by atoms with Gasteiger partial charge in [-0.05, 0) is 18.1 Å². The first kappa shape index (κ1) is 10.9. The SMILES string of the molecule is CC(C)Cc1noc(-c2ccc(CN)o2)n1. The van der Waals surface area contributed by atoms with Gasteiger partial charge in [-0.15, -0.1) is 0 Å². The van der Waals surface area contributed by atoms with Crippen molar-refractivity contribution in [1.29, 1.82) is 0 Å². The van der Waals surface area contributed by atoms with Gasteiger partial charge in [0.25, 0.3) is 5.89 Å². The number of hydrogen-bond donors (Lipinski definition) is 1. The van der Waals surface area contributed by atoms with E-state index in [1.54, 1.807) is 6.07 Å². The molecule has 2 rings (SSSR count). The molecule has 0 bridgehead atoms. The molecule has 0 aliphatic heterocycles. The van der Waals surface area contributed by atoms with Crippen LogP contribution in [-0.4, -0.2) is 10.1 Å². The smallest absolute Gasteiger partial charge is 0.293 e. The maximum absolute atomic E-state index is 5.45. The molecule has 16 heavy (non-hydrogen) atoms. The predicted molar refractivity (Wildman–Crippen MR) is 58.4 cm³/mol. The first-order valence-electron chi connectivity index (χ1n) is 5.30. The molecule has 0 aliphatic carbocycles. The van der Waals surface area contributed by atoms with E-state index in [1.165, 1.54) is 0 Å². The number of rotatable bonds is 4. The van der Waals surface area contributed by atoms with Crippen LogP contribution in [0.2, 0.25) is 0 Å². The van der Waals surface area contributed by atoms with Crippen molar-refractivity contribution < 1.29 is 8.94 Å². The number of aromatic nitrogens is 2. The average molecular weight is 221 g/mol. The number of nitrogens with zero attached hydrogens (tertiary/aromatic N) is 2. The molecule has 0 fully saturated rings. The van der Waals surface area contributed by atoms with Gasteiger partial charge in [0.2, 0.25) is 0 Å². The fraction of sp³-hybridized carbons (Fsp3) is 0.455. The van der Waals surface area contributed by atoms with Crippen LogP contribution in [0.15, 0.2) is 21.1 Å². The lowest BCUT2D eigenvalue weighted by Gasteiger charge is -1.95. The summed E-state index contributed by atoms with van der Waals surface area (Å²) >= 11 is 0. The molecule has 0 atom stereocenters. The summed E-state index contributed by atoms with van der Waals surface area (Å²) in [5.41, 5.74) is 5.45. The van der Waals surface area contributed by atoms with E-state index in [-0.39, 0.29) is 0 Å². The first-order valence-corrected chi connectivity index (χ1v) is 5.30. The average Bonchev–Trinajstić information content (AvgIpc) is 2.83. The molecule has 0 amide bonds. The van der Waals surface area contributed by atoms with Gasteiger partial charge < -0.3 is 14.7 Å². The number of hydrogen-bond acceptors (Lipinski definition) is 5. The second-order valence-corrected chi connectivity index (χ2v) is 4.08. The van der Waals surface area contributed by atoms with E-state index in [1.807, 2.05) is 6.07 Å². The molecule has 2 heterocycles. The van der Waals surface area contributed by atoms with Crippen LogP contribution in [0.1, 0.15) is 25.4 Å². The lowest BCUT2D eigenvalue weighted by Crippen LogP contribution is -1.95. The highest BCUT2D eigenvalue weighted by molar-refractivity contribution is 5.44. The molecule has 0 spiro atoms. The van der Waals surface area contributed by atoms with Crippen molar-refractivity contribution in [3.63, 3.8) is 0 Å². The molecule has 0 radical (unpaired) electrons. The van der Waals surface area contributed by atoms with Crippen LogP contribution in [0.3, 0.4) is 0 Å². The largest absolute Gasteiger partial charge is 0.455 e. The molecule has 2 N–H and O–H groups in total. The standard InChI is InChI=1S/C11H15N3O2/c1-7(2)5-10-13-11(16-14-10)9-4-3-8(6-12)15-9/h3-4,7H,5-6,12H2,1-2H3. The van der Waals surface area contributed by atoms with Crippen LogP contribution in [0.25, 0.3) is 11.7 Å². The summed E-state index contributed by atoms with van der Waals surface area (Å²) in [5, 5.41) is 3.89. The van der Waals surface area contributed by atoms with Gasteiger partial charge in [-0.1, -0.05) is 19.0 Å². The summed E-state index contributed by atoms with van der Waals surface area (Å²) in [7, 11) is 0. The minimum Gasteiger partial charge on any atom is -0.455 e. The summed E-state index contributed by atoms with van der Waals surface area (Å²) < 4.78 is 10.5. The Kier molecular flexibility index (Phi) is 3.05. The van der Waals surface area contributed by atoms with Crippen molar-refractivity contribution in [1.82, 2.24) is 10.1 Å². The minimum absolute atomic E-state index is 0.368. The Morgan fingerprint density at radius 2 is 2.19 bits per heavy atom. The van der Waals surface area contributed by atoms with E-state index < -0.39 is 0 Å². The fourth-order valence-corrected chi connectivity index (χ4v) is 1.40. The van der Waals surface area contributed by atoms with E-state index in [0.29, 0.717) is 35.7 Å². The first-order chi connectivity index (χ1) is 7.69. The molecule has 2 aromatic rings. The van der Waals surface area contributed by atoms with E-state index in [0.717, 1.165) is 6.42 Å². The van der Waals surface area contributed by atoms with E-state index in [2.05, 4.69) is 24.0 Å². The van der Waals surface area contributed by atoms with Gasteiger partial charge in [-0.2, -0.15) is 4.98 Å². The predicted octanol–water partition coefficient (Wildman–Crippen LogP) is 1.99. The van der Waals surface area contributed by atoms with Crippen molar-refractivity contribution in [3.05, 3.63) is 23.7 Å². The summed E-state index contributed by atoms with van der Waals surface area (Å²) in [6.07, 6.45) is 0.800. The van der Waals surface area contributed by atoms with Gasteiger partial charge in [-0.3, -0.25) is 0 Å². The van der Waals surface area contributed by atoms with Crippen molar-refractivity contribution >= 4 is 0 Å². The second kappa shape index (κ2) is 4.49. The Morgan fingerprint density at radius 1 is 1.38 bits per heavy atom. The molecule has 0 aliphatic rings. The van der Waals surface area contributed by atoms with Gasteiger partial charge >= 0.3 is 0 Å². The van der Waals surface area contributed by atoms with Crippen molar-refractivity contribution in [2.24, 2.45) is 11.7 Å². The summed E-state index contributed by atoms with van der Waals surface area (Å²) in [5.74, 6) is 2.90. The Bertz CT molecular complexity index is 459. The van der Waals surface area contributed by atoms with Gasteiger partial charge in [0, 0.05) is 6.42 Å². The third-order valence-corrected chi connectivity index (χ3v) is 2.13. The summed E-state index contributed by atoms with van der Waals surface area (Å²) in [4.78, 5) is 4.26. The highest BCUT2D eigenvalue weighted by atomic mass is 16.5. The van der Waals surface area contributed by atoms with E-state index in [9.17, 15) is 0 Å². The Balaban J connectivity index is 2.17. The quantitative estimate of drug-likeness (QED) is 0.854. The van der Waals surface area contributed by atoms with Crippen LogP contribution >= 0.6 is 0 Å². The molecule has 5 heteroatoms. The Morgan fingerprint density at radius 3 is 2.81 bits per heavy atom. The van der Waals surface area contributed by atoms with Crippen LogP contribution in [0, 0.1) is 5.92 Å². The normalized spacial score (nSPS) is 11.2. The van der Waals surface area contributed by atoms with E-state index >= 15 is 0 Å².